The van der Waals surface area contributed by atoms with Gasteiger partial charge in [0.25, 0.3) is 5.91 Å². The molecule has 1 unspecified atom stereocenters. The van der Waals surface area contributed by atoms with Gasteiger partial charge in [0.05, 0.1) is 11.5 Å². The number of aromatic nitrogens is 1. The van der Waals surface area contributed by atoms with Crippen LogP contribution in [-0.4, -0.2) is 27.8 Å². The molecule has 1 atom stereocenters. The number of ketones is 1. The molecule has 1 aromatic heterocycles. The maximum atomic E-state index is 13.3. The van der Waals surface area contributed by atoms with Crippen molar-refractivity contribution >= 4 is 35.0 Å². The van der Waals surface area contributed by atoms with Crippen LogP contribution >= 0.6 is 0 Å². The molecule has 1 amide bonds. The molecule has 0 saturated heterocycles. The predicted molar refractivity (Wildman–Crippen MR) is 122 cm³/mol. The van der Waals surface area contributed by atoms with E-state index in [4.69, 9.17) is 0 Å². The Kier molecular flexibility index (Phi) is 4.96. The second-order valence-corrected chi connectivity index (χ2v) is 8.42. The maximum absolute atomic E-state index is 13.3. The second-order valence-electron chi connectivity index (χ2n) is 8.42. The number of aromatic amines is 1. The largest absolute Gasteiger partial charge is 0.481 e. The fourth-order valence-electron chi connectivity index (χ4n) is 4.64. The van der Waals surface area contributed by atoms with Crippen molar-refractivity contribution in [3.8, 4) is 11.1 Å². The predicted octanol–water partition coefficient (Wildman–Crippen LogP) is 5.02. The number of carbonyl (C=O) groups excluding carboxylic acids is 2. The van der Waals surface area contributed by atoms with Gasteiger partial charge in [-0.25, -0.2) is 4.39 Å². The van der Waals surface area contributed by atoms with Gasteiger partial charge >= 0.3 is 5.97 Å². The van der Waals surface area contributed by atoms with Gasteiger partial charge in [0, 0.05) is 40.2 Å². The van der Waals surface area contributed by atoms with Crippen LogP contribution in [0, 0.1) is 5.82 Å². The number of aryl methyl sites for hydroxylation is 1. The average molecular weight is 444 g/mol. The van der Waals surface area contributed by atoms with Crippen LogP contribution in [0.4, 0.5) is 10.1 Å². The Balaban J connectivity index is 1.60. The lowest BCUT2D eigenvalue weighted by molar-refractivity contribution is -0.138. The third-order valence-electron chi connectivity index (χ3n) is 6.33. The number of Topliss-reactive ketones (excluding diaryl/α,β-unsaturated/α-hetero) is 1. The molecule has 3 N–H and O–H groups in total. The Morgan fingerprint density at radius 1 is 1.09 bits per heavy atom. The number of benzene rings is 2. The summed E-state index contributed by atoms with van der Waals surface area (Å²) in [5, 5.41) is 12.5. The van der Waals surface area contributed by atoms with Crippen molar-refractivity contribution in [2.45, 2.75) is 32.1 Å². The first kappa shape index (κ1) is 20.9. The van der Waals surface area contributed by atoms with Crippen molar-refractivity contribution in [2.24, 2.45) is 0 Å². The van der Waals surface area contributed by atoms with E-state index in [0.717, 1.165) is 16.8 Å². The number of carboxylic acid groups (broad SMARTS) is 1. The summed E-state index contributed by atoms with van der Waals surface area (Å²) in [6, 6.07) is 11.6. The van der Waals surface area contributed by atoms with Crippen LogP contribution in [-0.2, 0) is 16.0 Å². The molecule has 7 heteroatoms. The highest BCUT2D eigenvalue weighted by atomic mass is 19.1. The summed E-state index contributed by atoms with van der Waals surface area (Å²) in [4.78, 5) is 40.4. The van der Waals surface area contributed by atoms with Crippen LogP contribution in [0.25, 0.3) is 22.8 Å². The minimum Gasteiger partial charge on any atom is -0.481 e. The van der Waals surface area contributed by atoms with E-state index in [-0.39, 0.29) is 17.5 Å². The second kappa shape index (κ2) is 7.85. The van der Waals surface area contributed by atoms with Gasteiger partial charge in [-0.05, 0) is 55.2 Å². The molecule has 0 spiro atoms. The number of hydrogen-bond acceptors (Lipinski definition) is 3. The van der Waals surface area contributed by atoms with Crippen LogP contribution < -0.4 is 5.32 Å². The number of amides is 1. The monoisotopic (exact) mass is 444 g/mol. The summed E-state index contributed by atoms with van der Waals surface area (Å²) in [6.07, 6.45) is 3.39. The number of rotatable bonds is 4. The normalized spacial score (nSPS) is 17.0. The molecule has 5 rings (SSSR count). The van der Waals surface area contributed by atoms with Crippen molar-refractivity contribution in [2.75, 3.05) is 5.32 Å². The molecule has 2 heterocycles. The van der Waals surface area contributed by atoms with Crippen molar-refractivity contribution in [3.63, 3.8) is 0 Å². The molecule has 0 fully saturated rings. The van der Waals surface area contributed by atoms with Crippen molar-refractivity contribution in [3.05, 3.63) is 76.4 Å². The van der Waals surface area contributed by atoms with E-state index >= 15 is 0 Å². The number of aliphatic carboxylic acids is 1. The molecular weight excluding hydrogens is 423 g/mol. The molecule has 3 aromatic rings. The third kappa shape index (κ3) is 3.55. The topological polar surface area (TPSA) is 99.3 Å². The van der Waals surface area contributed by atoms with Gasteiger partial charge in [-0.1, -0.05) is 24.3 Å². The molecule has 33 heavy (non-hydrogen) atoms. The maximum Gasteiger partial charge on any atom is 0.310 e. The number of H-pyrrole nitrogens is 1. The summed E-state index contributed by atoms with van der Waals surface area (Å²) in [7, 11) is 0. The smallest absolute Gasteiger partial charge is 0.310 e. The summed E-state index contributed by atoms with van der Waals surface area (Å²) in [5.74, 6) is -2.63. The lowest BCUT2D eigenvalue weighted by Crippen LogP contribution is -2.15. The summed E-state index contributed by atoms with van der Waals surface area (Å²) < 4.78 is 13.3. The number of anilines is 1. The Morgan fingerprint density at radius 3 is 2.55 bits per heavy atom. The minimum atomic E-state index is -1.03. The lowest BCUT2D eigenvalue weighted by Gasteiger charge is -2.14. The highest BCUT2D eigenvalue weighted by molar-refractivity contribution is 6.35. The van der Waals surface area contributed by atoms with Gasteiger partial charge < -0.3 is 15.4 Å². The number of halogens is 1. The van der Waals surface area contributed by atoms with Crippen LogP contribution in [0.5, 0.6) is 0 Å². The number of carboxylic acids is 1. The van der Waals surface area contributed by atoms with E-state index in [1.54, 1.807) is 25.1 Å². The van der Waals surface area contributed by atoms with Crippen LogP contribution in [0.2, 0.25) is 0 Å². The molecule has 1 aliphatic carbocycles. The lowest BCUT2D eigenvalue weighted by atomic mass is 9.87. The molecule has 0 radical (unpaired) electrons. The Labute approximate surface area is 189 Å². The summed E-state index contributed by atoms with van der Waals surface area (Å²) in [6.45, 7) is 1.55. The summed E-state index contributed by atoms with van der Waals surface area (Å²) >= 11 is 0. The van der Waals surface area contributed by atoms with Gasteiger partial charge in [-0.15, -0.1) is 0 Å². The van der Waals surface area contributed by atoms with E-state index in [9.17, 15) is 23.9 Å². The van der Waals surface area contributed by atoms with E-state index in [0.29, 0.717) is 52.9 Å². The molecule has 1 aliphatic heterocycles. The first-order valence-corrected chi connectivity index (χ1v) is 10.8. The van der Waals surface area contributed by atoms with E-state index in [1.165, 1.54) is 12.1 Å². The first-order valence-electron chi connectivity index (χ1n) is 10.8. The zero-order valence-corrected chi connectivity index (χ0v) is 17.9. The summed E-state index contributed by atoms with van der Waals surface area (Å²) in [5.41, 5.74) is 5.42. The van der Waals surface area contributed by atoms with Crippen molar-refractivity contribution in [1.29, 1.82) is 0 Å². The SMILES string of the molecule is CC(C(=O)O)c1c(/C=C2\C(=O)Nc3cc(-c4ccc(F)cc4)ccc32)[nH]c2c1C(=O)CCC2. The third-order valence-corrected chi connectivity index (χ3v) is 6.33. The van der Waals surface area contributed by atoms with Crippen molar-refractivity contribution < 1.29 is 23.9 Å². The molecule has 2 aliphatic rings. The van der Waals surface area contributed by atoms with E-state index in [2.05, 4.69) is 10.3 Å². The van der Waals surface area contributed by atoms with Gasteiger partial charge in [-0.2, -0.15) is 0 Å². The standard InChI is InChI=1S/C26H21FN2O4/c1-13(26(32)33)23-21(28-19-3-2-4-22(30)24(19)23)12-18-17-10-7-15(11-20(17)29-25(18)31)14-5-8-16(27)9-6-14/h5-13,28H,2-4H2,1H3,(H,29,31)(H,32,33)/b18-12-. The number of hydrogen-bond donors (Lipinski definition) is 3. The number of nitrogens with one attached hydrogen (secondary N) is 2. The molecule has 2 aromatic carbocycles. The quantitative estimate of drug-likeness (QED) is 0.492. The first-order chi connectivity index (χ1) is 15.8. The van der Waals surface area contributed by atoms with Crippen LogP contribution in [0.15, 0.2) is 42.5 Å². The zero-order valence-electron chi connectivity index (χ0n) is 17.9. The Hall–Kier alpha value is -4.00. The zero-order chi connectivity index (χ0) is 23.3. The average Bonchev–Trinajstić information content (AvgIpc) is 3.31. The van der Waals surface area contributed by atoms with Crippen molar-refractivity contribution in [1.82, 2.24) is 4.98 Å². The van der Waals surface area contributed by atoms with E-state index in [1.807, 2.05) is 18.2 Å². The van der Waals surface area contributed by atoms with Gasteiger partial charge in [0.15, 0.2) is 5.78 Å². The molecule has 0 bridgehead atoms. The van der Waals surface area contributed by atoms with Gasteiger partial charge in [-0.3, -0.25) is 14.4 Å². The number of carbonyl (C=O) groups is 3. The molecule has 0 saturated carbocycles. The van der Waals surface area contributed by atoms with Crippen LogP contribution in [0.3, 0.4) is 0 Å². The fourth-order valence-corrected chi connectivity index (χ4v) is 4.64. The highest BCUT2D eigenvalue weighted by Crippen LogP contribution is 2.39. The Morgan fingerprint density at radius 2 is 1.82 bits per heavy atom. The fraction of sp³-hybridized carbons (Fsp3) is 0.192. The van der Waals surface area contributed by atoms with Gasteiger partial charge in [0.2, 0.25) is 0 Å². The van der Waals surface area contributed by atoms with Crippen LogP contribution in [0.1, 0.15) is 58.6 Å². The van der Waals surface area contributed by atoms with E-state index < -0.39 is 11.9 Å². The number of fused-ring (bicyclic) bond motifs is 2. The molecular formula is C26H21FN2O4. The van der Waals surface area contributed by atoms with Gasteiger partial charge in [0.1, 0.15) is 5.82 Å². The Bertz CT molecular complexity index is 1350. The highest BCUT2D eigenvalue weighted by Gasteiger charge is 2.32. The molecule has 166 valence electrons. The molecule has 6 nitrogen and oxygen atoms in total. The minimum absolute atomic E-state index is 0.0690.